The Morgan fingerprint density at radius 3 is 1.48 bits per heavy atom. The maximum Gasteiger partial charge on any atom is 0.306 e. The Kier molecular flexibility index (Phi) is 40.4. The summed E-state index contributed by atoms with van der Waals surface area (Å²) in [5.74, 6) is -0.339. The first-order chi connectivity index (χ1) is 30.4. The number of hydrogen-bond donors (Lipinski definition) is 4. The van der Waals surface area contributed by atoms with E-state index in [2.05, 4.69) is 98.9 Å². The van der Waals surface area contributed by atoms with Crippen molar-refractivity contribution in [3.63, 3.8) is 0 Å². The third-order valence-corrected chi connectivity index (χ3v) is 10.8. The molecule has 9 nitrogen and oxygen atoms in total. The molecule has 0 saturated carbocycles. The monoisotopic (exact) mass is 871 g/mol. The van der Waals surface area contributed by atoms with E-state index in [1.54, 1.807) is 0 Å². The van der Waals surface area contributed by atoms with E-state index in [1.165, 1.54) is 89.9 Å². The Balaban J connectivity index is 2.23. The fourth-order valence-corrected chi connectivity index (χ4v) is 6.97. The van der Waals surface area contributed by atoms with Crippen molar-refractivity contribution in [1.29, 1.82) is 0 Å². The zero-order valence-electron chi connectivity index (χ0n) is 39.1. The number of allylic oxidation sites excluding steroid dienone is 14. The SMILES string of the molecule is CC/C=C\C/C=C\C/C=C\C/C=C\CCCOCC(COC1OC(CO)C(O)C(O)C1O)OC(=O)CCCCCCCCCCCC/C=C\C/C=C\C/C=C\CCCCCCC. The highest BCUT2D eigenvalue weighted by molar-refractivity contribution is 5.69. The predicted octanol–water partition coefficient (Wildman–Crippen LogP) is 11.8. The summed E-state index contributed by atoms with van der Waals surface area (Å²) in [6.45, 7) is 4.27. The molecule has 0 aromatic rings. The van der Waals surface area contributed by atoms with Crippen molar-refractivity contribution < 1.29 is 44.2 Å². The molecule has 9 heteroatoms. The first kappa shape index (κ1) is 57.4. The van der Waals surface area contributed by atoms with Gasteiger partial charge in [0.1, 0.15) is 30.5 Å². The molecule has 1 rings (SSSR count). The molecule has 0 aliphatic carbocycles. The van der Waals surface area contributed by atoms with Crippen LogP contribution in [0.25, 0.3) is 0 Å². The van der Waals surface area contributed by atoms with Crippen LogP contribution in [0.3, 0.4) is 0 Å². The van der Waals surface area contributed by atoms with Crippen molar-refractivity contribution in [1.82, 2.24) is 0 Å². The topological polar surface area (TPSA) is 135 Å². The summed E-state index contributed by atoms with van der Waals surface area (Å²) in [5, 5.41) is 40.2. The normalized spacial score (nSPS) is 20.5. The van der Waals surface area contributed by atoms with E-state index < -0.39 is 43.4 Å². The summed E-state index contributed by atoms with van der Waals surface area (Å²) in [6.07, 6.45) is 52.0. The molecule has 1 aliphatic rings. The molecule has 1 fully saturated rings. The second-order valence-corrected chi connectivity index (χ2v) is 16.5. The van der Waals surface area contributed by atoms with E-state index in [0.29, 0.717) is 13.0 Å². The van der Waals surface area contributed by atoms with Crippen molar-refractivity contribution in [3.05, 3.63) is 85.1 Å². The van der Waals surface area contributed by atoms with E-state index >= 15 is 0 Å². The minimum atomic E-state index is -1.55. The van der Waals surface area contributed by atoms with Crippen LogP contribution >= 0.6 is 0 Å². The third-order valence-electron chi connectivity index (χ3n) is 10.8. The quantitative estimate of drug-likeness (QED) is 0.0269. The summed E-state index contributed by atoms with van der Waals surface area (Å²) in [6, 6.07) is 0. The summed E-state index contributed by atoms with van der Waals surface area (Å²) in [4.78, 5) is 12.8. The first-order valence-corrected chi connectivity index (χ1v) is 24.7. The van der Waals surface area contributed by atoms with Crippen LogP contribution in [-0.2, 0) is 23.7 Å². The predicted molar refractivity (Wildman–Crippen MR) is 256 cm³/mol. The van der Waals surface area contributed by atoms with Crippen molar-refractivity contribution >= 4 is 5.97 Å². The average Bonchev–Trinajstić information content (AvgIpc) is 3.27. The van der Waals surface area contributed by atoms with Gasteiger partial charge in [0.2, 0.25) is 0 Å². The Morgan fingerprint density at radius 2 is 0.984 bits per heavy atom. The standard InChI is InChI=1S/C53H90O9/c1-3-5-7-9-11-13-15-17-19-20-21-22-23-24-25-26-27-28-29-30-32-34-36-38-40-42-49(55)61-47(46-60-53-52(58)51(57)50(56)48(44-54)62-53)45-59-43-41-39-37-35-33-31-18-16-14-12-10-8-6-4-2/h6,8,12,14-15,17-18,20-21,23-24,31,35,37,47-48,50-54,56-58H,3-5,7,9-11,13,16,19,22,25-30,32-34,36,38-46H2,1-2H3/b8-6-,14-12-,17-15-,21-20-,24-23-,31-18-,37-35-. The van der Waals surface area contributed by atoms with E-state index in [9.17, 15) is 25.2 Å². The van der Waals surface area contributed by atoms with Crippen molar-refractivity contribution in [3.8, 4) is 0 Å². The van der Waals surface area contributed by atoms with Gasteiger partial charge in [0, 0.05) is 13.0 Å². The van der Waals surface area contributed by atoms with Gasteiger partial charge in [0.15, 0.2) is 6.29 Å². The van der Waals surface area contributed by atoms with Gasteiger partial charge in [0.05, 0.1) is 19.8 Å². The lowest BCUT2D eigenvalue weighted by Crippen LogP contribution is -2.59. The summed E-state index contributed by atoms with van der Waals surface area (Å²) in [5.41, 5.74) is 0. The molecule has 1 saturated heterocycles. The van der Waals surface area contributed by atoms with Gasteiger partial charge in [-0.15, -0.1) is 0 Å². The van der Waals surface area contributed by atoms with E-state index in [4.69, 9.17) is 18.9 Å². The maximum atomic E-state index is 12.8. The molecule has 0 aromatic carbocycles. The number of esters is 1. The number of aliphatic hydroxyl groups is 4. The molecule has 6 unspecified atom stereocenters. The molecule has 0 amide bonds. The van der Waals surface area contributed by atoms with Crippen LogP contribution in [0.15, 0.2) is 85.1 Å². The minimum Gasteiger partial charge on any atom is -0.457 e. The van der Waals surface area contributed by atoms with Crippen LogP contribution in [0.5, 0.6) is 0 Å². The number of carbonyl (C=O) groups is 1. The van der Waals surface area contributed by atoms with Crippen molar-refractivity contribution in [2.75, 3.05) is 26.4 Å². The highest BCUT2D eigenvalue weighted by Crippen LogP contribution is 2.22. The molecular formula is C53H90O9. The molecule has 4 N–H and O–H groups in total. The smallest absolute Gasteiger partial charge is 0.306 e. The summed E-state index contributed by atoms with van der Waals surface area (Å²) < 4.78 is 22.8. The lowest BCUT2D eigenvalue weighted by molar-refractivity contribution is -0.305. The Morgan fingerprint density at radius 1 is 0.532 bits per heavy atom. The second kappa shape index (κ2) is 43.6. The second-order valence-electron chi connectivity index (χ2n) is 16.5. The zero-order valence-corrected chi connectivity index (χ0v) is 39.1. The van der Waals surface area contributed by atoms with Crippen LogP contribution in [-0.4, -0.2) is 89.6 Å². The van der Waals surface area contributed by atoms with Gasteiger partial charge in [-0.2, -0.15) is 0 Å². The fourth-order valence-electron chi connectivity index (χ4n) is 6.97. The van der Waals surface area contributed by atoms with Gasteiger partial charge < -0.3 is 39.4 Å². The van der Waals surface area contributed by atoms with Gasteiger partial charge in [-0.05, 0) is 83.5 Å². The molecule has 1 heterocycles. The van der Waals surface area contributed by atoms with Crippen LogP contribution in [0.4, 0.5) is 0 Å². The van der Waals surface area contributed by atoms with Gasteiger partial charge in [-0.3, -0.25) is 4.79 Å². The minimum absolute atomic E-state index is 0.101. The van der Waals surface area contributed by atoms with E-state index in [1.807, 2.05) is 0 Å². The van der Waals surface area contributed by atoms with Gasteiger partial charge in [0.25, 0.3) is 0 Å². The highest BCUT2D eigenvalue weighted by Gasteiger charge is 2.44. The number of unbranched alkanes of at least 4 members (excludes halogenated alkanes) is 16. The lowest BCUT2D eigenvalue weighted by Gasteiger charge is -2.39. The molecule has 1 aliphatic heterocycles. The van der Waals surface area contributed by atoms with Crippen LogP contribution in [0.1, 0.15) is 181 Å². The molecule has 0 aromatic heterocycles. The van der Waals surface area contributed by atoms with Gasteiger partial charge >= 0.3 is 5.97 Å². The number of rotatable bonds is 41. The molecule has 0 bridgehead atoms. The molecule has 0 spiro atoms. The maximum absolute atomic E-state index is 12.8. The molecule has 0 radical (unpaired) electrons. The highest BCUT2D eigenvalue weighted by atomic mass is 16.7. The Labute approximate surface area is 378 Å². The number of ether oxygens (including phenoxy) is 4. The van der Waals surface area contributed by atoms with Crippen LogP contribution in [0.2, 0.25) is 0 Å². The van der Waals surface area contributed by atoms with Crippen molar-refractivity contribution in [2.24, 2.45) is 0 Å². The largest absolute Gasteiger partial charge is 0.457 e. The van der Waals surface area contributed by atoms with E-state index in [-0.39, 0.29) is 19.2 Å². The van der Waals surface area contributed by atoms with Crippen LogP contribution < -0.4 is 0 Å². The molecule has 6 atom stereocenters. The number of carbonyl (C=O) groups excluding carboxylic acids is 1. The van der Waals surface area contributed by atoms with E-state index in [0.717, 1.165) is 70.6 Å². The summed E-state index contributed by atoms with van der Waals surface area (Å²) in [7, 11) is 0. The van der Waals surface area contributed by atoms with Gasteiger partial charge in [-0.1, -0.05) is 176 Å². The average molecular weight is 871 g/mol. The van der Waals surface area contributed by atoms with Crippen LogP contribution in [0, 0.1) is 0 Å². The van der Waals surface area contributed by atoms with Crippen molar-refractivity contribution in [2.45, 2.75) is 218 Å². The Hall–Kier alpha value is -2.63. The molecule has 356 valence electrons. The first-order valence-electron chi connectivity index (χ1n) is 24.7. The third kappa shape index (κ3) is 33.9. The molecule has 62 heavy (non-hydrogen) atoms. The summed E-state index contributed by atoms with van der Waals surface area (Å²) >= 11 is 0. The zero-order chi connectivity index (χ0) is 45.0. The Bertz CT molecular complexity index is 1220. The molecular weight excluding hydrogens is 781 g/mol. The number of hydrogen-bond acceptors (Lipinski definition) is 9. The lowest BCUT2D eigenvalue weighted by atomic mass is 9.99. The van der Waals surface area contributed by atoms with Gasteiger partial charge in [-0.25, -0.2) is 0 Å². The number of aliphatic hydroxyl groups excluding tert-OH is 4. The fraction of sp³-hybridized carbons (Fsp3) is 0.717.